The number of aromatic nitrogens is 1. The summed E-state index contributed by atoms with van der Waals surface area (Å²) < 4.78 is 34.4. The predicted molar refractivity (Wildman–Crippen MR) is 70.5 cm³/mol. The summed E-state index contributed by atoms with van der Waals surface area (Å²) in [5.41, 5.74) is 0.877. The third-order valence-corrected chi connectivity index (χ3v) is 4.01. The van der Waals surface area contributed by atoms with Gasteiger partial charge in [-0.1, -0.05) is 0 Å². The Kier molecular flexibility index (Phi) is 4.23. The summed E-state index contributed by atoms with van der Waals surface area (Å²) in [7, 11) is -0.963. The number of ether oxygens (including phenoxy) is 1. The zero-order valence-corrected chi connectivity index (χ0v) is 11.8. The fourth-order valence-corrected chi connectivity index (χ4v) is 2.10. The van der Waals surface area contributed by atoms with Gasteiger partial charge in [0.1, 0.15) is 0 Å². The van der Waals surface area contributed by atoms with Crippen LogP contribution in [0.1, 0.15) is 0 Å². The van der Waals surface area contributed by atoms with E-state index >= 15 is 0 Å². The quantitative estimate of drug-likeness (QED) is 0.782. The molecule has 7 nitrogen and oxygen atoms in total. The minimum absolute atomic E-state index is 0.0673. The minimum Gasteiger partial charge on any atom is -0.378 e. The van der Waals surface area contributed by atoms with Crippen LogP contribution in [-0.2, 0) is 15.0 Å². The van der Waals surface area contributed by atoms with Crippen LogP contribution >= 0.6 is 0 Å². The molecule has 1 aromatic heterocycles. The monoisotopic (exact) mass is 287 g/mol. The summed E-state index contributed by atoms with van der Waals surface area (Å²) in [6.07, 6.45) is 1.53. The molecule has 0 aromatic carbocycles. The highest BCUT2D eigenvalue weighted by atomic mass is 32.2. The molecule has 0 saturated carbocycles. The SMILES string of the molecule is CN(C)S(=O)(=O)Oc1cc(N2CCOCC2)ccn1. The summed E-state index contributed by atoms with van der Waals surface area (Å²) in [5.74, 6) is 0.0673. The van der Waals surface area contributed by atoms with Crippen LogP contribution in [-0.4, -0.2) is 58.1 Å². The van der Waals surface area contributed by atoms with Crippen LogP contribution in [0.5, 0.6) is 5.88 Å². The van der Waals surface area contributed by atoms with E-state index in [9.17, 15) is 8.42 Å². The van der Waals surface area contributed by atoms with E-state index in [1.54, 1.807) is 6.07 Å². The lowest BCUT2D eigenvalue weighted by Gasteiger charge is -2.28. The fourth-order valence-electron chi connectivity index (χ4n) is 1.65. The first-order valence-corrected chi connectivity index (χ1v) is 7.26. The number of anilines is 1. The second-order valence-corrected chi connectivity index (χ2v) is 6.03. The number of rotatable bonds is 4. The summed E-state index contributed by atoms with van der Waals surface area (Å²) in [6.45, 7) is 2.86. The van der Waals surface area contributed by atoms with E-state index in [0.717, 1.165) is 23.1 Å². The zero-order valence-electron chi connectivity index (χ0n) is 10.9. The van der Waals surface area contributed by atoms with Gasteiger partial charge in [-0.25, -0.2) is 4.98 Å². The molecule has 2 rings (SSSR count). The predicted octanol–water partition coefficient (Wildman–Crippen LogP) is 0.103. The van der Waals surface area contributed by atoms with Crippen LogP contribution in [0.3, 0.4) is 0 Å². The molecular weight excluding hydrogens is 270 g/mol. The average molecular weight is 287 g/mol. The van der Waals surface area contributed by atoms with Crippen molar-refractivity contribution >= 4 is 16.0 Å². The van der Waals surface area contributed by atoms with Crippen molar-refractivity contribution in [1.82, 2.24) is 9.29 Å². The maximum absolute atomic E-state index is 11.6. The van der Waals surface area contributed by atoms with Gasteiger partial charge in [-0.2, -0.15) is 12.7 Å². The largest absolute Gasteiger partial charge is 0.386 e. The Balaban J connectivity index is 2.15. The molecule has 0 aliphatic carbocycles. The normalized spacial score (nSPS) is 16.7. The van der Waals surface area contributed by atoms with Gasteiger partial charge in [0.15, 0.2) is 0 Å². The molecular formula is C11H17N3O4S. The van der Waals surface area contributed by atoms with Crippen LogP contribution < -0.4 is 9.08 Å². The molecule has 106 valence electrons. The van der Waals surface area contributed by atoms with Crippen molar-refractivity contribution in [3.8, 4) is 5.88 Å². The molecule has 0 N–H and O–H groups in total. The molecule has 0 unspecified atom stereocenters. The summed E-state index contributed by atoms with van der Waals surface area (Å²) in [5, 5.41) is 0. The Morgan fingerprint density at radius 2 is 2.05 bits per heavy atom. The first kappa shape index (κ1) is 14.0. The molecule has 1 saturated heterocycles. The van der Waals surface area contributed by atoms with E-state index in [-0.39, 0.29) is 5.88 Å². The summed E-state index contributed by atoms with van der Waals surface area (Å²) >= 11 is 0. The Hall–Kier alpha value is -1.38. The Labute approximate surface area is 113 Å². The van der Waals surface area contributed by atoms with Gasteiger partial charge in [0, 0.05) is 45.1 Å². The van der Waals surface area contributed by atoms with Crippen LogP contribution in [0, 0.1) is 0 Å². The second-order valence-electron chi connectivity index (χ2n) is 4.28. The van der Waals surface area contributed by atoms with Gasteiger partial charge in [-0.3, -0.25) is 0 Å². The van der Waals surface area contributed by atoms with Crippen molar-refractivity contribution in [2.24, 2.45) is 0 Å². The Morgan fingerprint density at radius 3 is 2.68 bits per heavy atom. The molecule has 2 heterocycles. The lowest BCUT2D eigenvalue weighted by atomic mass is 10.3. The fraction of sp³-hybridized carbons (Fsp3) is 0.545. The van der Waals surface area contributed by atoms with Crippen molar-refractivity contribution in [2.45, 2.75) is 0 Å². The molecule has 8 heteroatoms. The lowest BCUT2D eigenvalue weighted by Crippen LogP contribution is -2.36. The maximum atomic E-state index is 11.6. The summed E-state index contributed by atoms with van der Waals surface area (Å²) in [4.78, 5) is 6.01. The zero-order chi connectivity index (χ0) is 13.9. The smallest absolute Gasteiger partial charge is 0.378 e. The summed E-state index contributed by atoms with van der Waals surface area (Å²) in [6, 6.07) is 3.44. The highest BCUT2D eigenvalue weighted by Gasteiger charge is 2.18. The third-order valence-electron chi connectivity index (χ3n) is 2.73. The van der Waals surface area contributed by atoms with Gasteiger partial charge in [-0.15, -0.1) is 0 Å². The number of hydrogen-bond acceptors (Lipinski definition) is 6. The average Bonchev–Trinajstić information content (AvgIpc) is 2.39. The van der Waals surface area contributed by atoms with Gasteiger partial charge in [0.25, 0.3) is 0 Å². The van der Waals surface area contributed by atoms with Gasteiger partial charge in [0.2, 0.25) is 5.88 Å². The van der Waals surface area contributed by atoms with Crippen molar-refractivity contribution in [1.29, 1.82) is 0 Å². The van der Waals surface area contributed by atoms with Crippen LogP contribution in [0.4, 0.5) is 5.69 Å². The minimum atomic E-state index is -3.77. The first-order valence-electron chi connectivity index (χ1n) is 5.90. The van der Waals surface area contributed by atoms with Gasteiger partial charge in [0.05, 0.1) is 13.2 Å². The third kappa shape index (κ3) is 3.55. The maximum Gasteiger partial charge on any atom is 0.386 e. The lowest BCUT2D eigenvalue weighted by molar-refractivity contribution is 0.122. The molecule has 0 spiro atoms. The van der Waals surface area contributed by atoms with Gasteiger partial charge in [-0.05, 0) is 6.07 Å². The second kappa shape index (κ2) is 5.72. The molecule has 1 aliphatic heterocycles. The topological polar surface area (TPSA) is 72.0 Å². The van der Waals surface area contributed by atoms with E-state index in [2.05, 4.69) is 9.88 Å². The molecule has 19 heavy (non-hydrogen) atoms. The number of hydrogen-bond donors (Lipinski definition) is 0. The van der Waals surface area contributed by atoms with Crippen molar-refractivity contribution < 1.29 is 17.3 Å². The Bertz CT molecular complexity index is 526. The van der Waals surface area contributed by atoms with Crippen molar-refractivity contribution in [3.63, 3.8) is 0 Å². The highest BCUT2D eigenvalue weighted by molar-refractivity contribution is 7.84. The Morgan fingerprint density at radius 1 is 1.37 bits per heavy atom. The van der Waals surface area contributed by atoms with E-state index in [1.165, 1.54) is 20.3 Å². The van der Waals surface area contributed by atoms with Gasteiger partial charge < -0.3 is 13.8 Å². The molecule has 1 aromatic rings. The van der Waals surface area contributed by atoms with Crippen LogP contribution in [0.2, 0.25) is 0 Å². The number of morpholine rings is 1. The van der Waals surface area contributed by atoms with E-state index in [1.807, 2.05) is 6.07 Å². The molecule has 1 aliphatic rings. The molecule has 0 amide bonds. The van der Waals surface area contributed by atoms with Crippen LogP contribution in [0.25, 0.3) is 0 Å². The van der Waals surface area contributed by atoms with E-state index < -0.39 is 10.3 Å². The number of pyridine rings is 1. The molecule has 0 atom stereocenters. The molecule has 1 fully saturated rings. The van der Waals surface area contributed by atoms with Crippen LogP contribution in [0.15, 0.2) is 18.3 Å². The molecule has 0 radical (unpaired) electrons. The van der Waals surface area contributed by atoms with Crippen molar-refractivity contribution in [2.75, 3.05) is 45.3 Å². The molecule has 0 bridgehead atoms. The van der Waals surface area contributed by atoms with E-state index in [0.29, 0.717) is 13.2 Å². The van der Waals surface area contributed by atoms with Crippen molar-refractivity contribution in [3.05, 3.63) is 18.3 Å². The first-order chi connectivity index (χ1) is 8.99. The number of nitrogens with zero attached hydrogens (tertiary/aromatic N) is 3. The van der Waals surface area contributed by atoms with Gasteiger partial charge >= 0.3 is 10.3 Å². The van der Waals surface area contributed by atoms with E-state index in [4.69, 9.17) is 8.92 Å². The highest BCUT2D eigenvalue weighted by Crippen LogP contribution is 2.21. The standard InChI is InChI=1S/C11H17N3O4S/c1-13(2)19(15,16)18-11-9-10(3-4-12-11)14-5-7-17-8-6-14/h3-4,9H,5-8H2,1-2H3.